The standard InChI is InChI=1S/C25H28FN5O2/c26-20-6-1-4-18(14-20)10-12-28-24-22(25(33)29-16-19-5-2-11-27-15-19)8-9-23(30-24)31-13-3-7-21(32)17-31/h1-2,4-6,8-9,11,14-15,21,32H,3,7,10,12-13,16-17H2,(H,28,30)(H,29,33)/t21-/m0/s1. The van der Waals surface area contributed by atoms with Crippen LogP contribution in [0.2, 0.25) is 0 Å². The van der Waals surface area contributed by atoms with Crippen molar-refractivity contribution in [3.05, 3.63) is 83.4 Å². The molecule has 8 heteroatoms. The Kier molecular flexibility index (Phi) is 7.47. The summed E-state index contributed by atoms with van der Waals surface area (Å²) in [6.07, 6.45) is 5.27. The lowest BCUT2D eigenvalue weighted by molar-refractivity contribution is 0.0951. The Labute approximate surface area is 192 Å². The third-order valence-electron chi connectivity index (χ3n) is 5.62. The van der Waals surface area contributed by atoms with Gasteiger partial charge in [-0.25, -0.2) is 9.37 Å². The average Bonchev–Trinajstić information content (AvgIpc) is 2.83. The zero-order chi connectivity index (χ0) is 23.0. The number of carbonyl (C=O) groups is 1. The molecule has 0 aliphatic carbocycles. The van der Waals surface area contributed by atoms with Crippen molar-refractivity contribution in [2.24, 2.45) is 0 Å². The number of aliphatic hydroxyl groups excluding tert-OH is 1. The van der Waals surface area contributed by atoms with Gasteiger partial charge in [0.05, 0.1) is 11.7 Å². The molecule has 0 radical (unpaired) electrons. The van der Waals surface area contributed by atoms with Crippen LogP contribution < -0.4 is 15.5 Å². The summed E-state index contributed by atoms with van der Waals surface area (Å²) >= 11 is 0. The van der Waals surface area contributed by atoms with Gasteiger partial charge in [0.1, 0.15) is 17.5 Å². The predicted molar refractivity (Wildman–Crippen MR) is 126 cm³/mol. The molecule has 0 bridgehead atoms. The van der Waals surface area contributed by atoms with E-state index in [2.05, 4.69) is 15.6 Å². The van der Waals surface area contributed by atoms with Crippen molar-refractivity contribution in [3.63, 3.8) is 0 Å². The van der Waals surface area contributed by atoms with E-state index in [0.717, 1.165) is 30.5 Å². The normalized spacial score (nSPS) is 15.8. The Morgan fingerprint density at radius 1 is 1.18 bits per heavy atom. The summed E-state index contributed by atoms with van der Waals surface area (Å²) in [7, 11) is 0. The van der Waals surface area contributed by atoms with Crippen LogP contribution in [0.4, 0.5) is 16.0 Å². The number of halogens is 1. The third kappa shape index (κ3) is 6.26. The minimum atomic E-state index is -0.382. The molecule has 7 nitrogen and oxygen atoms in total. The van der Waals surface area contributed by atoms with E-state index in [9.17, 15) is 14.3 Å². The maximum atomic E-state index is 13.5. The monoisotopic (exact) mass is 449 g/mol. The lowest BCUT2D eigenvalue weighted by Crippen LogP contribution is -2.38. The maximum absolute atomic E-state index is 13.5. The highest BCUT2D eigenvalue weighted by Crippen LogP contribution is 2.23. The van der Waals surface area contributed by atoms with Gasteiger partial charge in [0, 0.05) is 38.6 Å². The van der Waals surface area contributed by atoms with Gasteiger partial charge in [-0.15, -0.1) is 0 Å². The minimum absolute atomic E-state index is 0.246. The van der Waals surface area contributed by atoms with Crippen molar-refractivity contribution >= 4 is 17.5 Å². The largest absolute Gasteiger partial charge is 0.391 e. The molecular weight excluding hydrogens is 421 g/mol. The molecule has 1 saturated heterocycles. The SMILES string of the molecule is O=C(NCc1cccnc1)c1ccc(N2CCC[C@H](O)C2)nc1NCCc1cccc(F)c1. The highest BCUT2D eigenvalue weighted by molar-refractivity contribution is 5.99. The zero-order valence-corrected chi connectivity index (χ0v) is 18.4. The number of nitrogens with one attached hydrogen (secondary N) is 2. The summed E-state index contributed by atoms with van der Waals surface area (Å²) in [6.45, 7) is 2.17. The fourth-order valence-corrected chi connectivity index (χ4v) is 3.90. The Morgan fingerprint density at radius 2 is 2.06 bits per heavy atom. The number of hydrogen-bond acceptors (Lipinski definition) is 6. The van der Waals surface area contributed by atoms with E-state index >= 15 is 0 Å². The molecule has 3 aromatic rings. The van der Waals surface area contributed by atoms with E-state index in [1.54, 1.807) is 24.5 Å². The first-order valence-electron chi connectivity index (χ1n) is 11.2. The van der Waals surface area contributed by atoms with E-state index in [0.29, 0.717) is 43.3 Å². The van der Waals surface area contributed by atoms with Gasteiger partial charge in [0.2, 0.25) is 0 Å². The van der Waals surface area contributed by atoms with Gasteiger partial charge in [-0.1, -0.05) is 18.2 Å². The Hall–Kier alpha value is -3.52. The number of β-amino-alcohol motifs (C(OH)–C–C–N with tert-alkyl or cyclic N) is 1. The minimum Gasteiger partial charge on any atom is -0.391 e. The summed E-state index contributed by atoms with van der Waals surface area (Å²) < 4.78 is 13.5. The van der Waals surface area contributed by atoms with E-state index in [4.69, 9.17) is 4.98 Å². The molecule has 1 atom stereocenters. The number of piperidine rings is 1. The van der Waals surface area contributed by atoms with Crippen molar-refractivity contribution in [1.29, 1.82) is 0 Å². The van der Waals surface area contributed by atoms with Crippen molar-refractivity contribution in [2.75, 3.05) is 29.9 Å². The van der Waals surface area contributed by atoms with Gasteiger partial charge in [0.15, 0.2) is 0 Å². The van der Waals surface area contributed by atoms with Crippen LogP contribution in [0.15, 0.2) is 60.9 Å². The first-order chi connectivity index (χ1) is 16.1. The second kappa shape index (κ2) is 10.9. The molecule has 1 aliphatic heterocycles. The number of benzene rings is 1. The molecular formula is C25H28FN5O2. The average molecular weight is 450 g/mol. The Bertz CT molecular complexity index is 1080. The van der Waals surface area contributed by atoms with E-state index in [1.165, 1.54) is 12.1 Å². The number of pyridine rings is 2. The van der Waals surface area contributed by atoms with Crippen LogP contribution in [0.5, 0.6) is 0 Å². The summed E-state index contributed by atoms with van der Waals surface area (Å²) in [5.74, 6) is 0.662. The molecule has 0 saturated carbocycles. The molecule has 0 unspecified atom stereocenters. The molecule has 1 fully saturated rings. The lowest BCUT2D eigenvalue weighted by atomic mass is 10.1. The molecule has 33 heavy (non-hydrogen) atoms. The van der Waals surface area contributed by atoms with Crippen LogP contribution in [-0.4, -0.2) is 46.7 Å². The molecule has 4 rings (SSSR count). The molecule has 2 aromatic heterocycles. The van der Waals surface area contributed by atoms with Gasteiger partial charge >= 0.3 is 0 Å². The number of nitrogens with zero attached hydrogens (tertiary/aromatic N) is 3. The third-order valence-corrected chi connectivity index (χ3v) is 5.62. The van der Waals surface area contributed by atoms with Crippen LogP contribution >= 0.6 is 0 Å². The Balaban J connectivity index is 1.50. The molecule has 3 N–H and O–H groups in total. The number of amides is 1. The topological polar surface area (TPSA) is 90.4 Å². The van der Waals surface area contributed by atoms with Gasteiger partial charge in [-0.2, -0.15) is 0 Å². The summed E-state index contributed by atoms with van der Waals surface area (Å²) in [4.78, 5) is 23.8. The molecule has 1 aromatic carbocycles. The van der Waals surface area contributed by atoms with Gasteiger partial charge in [0.25, 0.3) is 5.91 Å². The molecule has 172 valence electrons. The van der Waals surface area contributed by atoms with Crippen LogP contribution in [0, 0.1) is 5.82 Å². The van der Waals surface area contributed by atoms with Gasteiger partial charge in [-0.05, 0) is 60.7 Å². The van der Waals surface area contributed by atoms with Crippen LogP contribution in [0.3, 0.4) is 0 Å². The quantitative estimate of drug-likeness (QED) is 0.490. The highest BCUT2D eigenvalue weighted by Gasteiger charge is 2.21. The zero-order valence-electron chi connectivity index (χ0n) is 18.4. The number of rotatable bonds is 8. The number of hydrogen-bond donors (Lipinski definition) is 3. The van der Waals surface area contributed by atoms with Crippen molar-refractivity contribution in [1.82, 2.24) is 15.3 Å². The van der Waals surface area contributed by atoms with E-state index in [-0.39, 0.29) is 17.8 Å². The van der Waals surface area contributed by atoms with Crippen molar-refractivity contribution < 1.29 is 14.3 Å². The summed E-state index contributed by atoms with van der Waals surface area (Å²) in [5.41, 5.74) is 2.19. The highest BCUT2D eigenvalue weighted by atomic mass is 19.1. The molecule has 1 amide bonds. The molecule has 0 spiro atoms. The lowest BCUT2D eigenvalue weighted by Gasteiger charge is -2.31. The van der Waals surface area contributed by atoms with Crippen molar-refractivity contribution in [3.8, 4) is 0 Å². The number of anilines is 2. The van der Waals surface area contributed by atoms with Crippen LogP contribution in [0.25, 0.3) is 0 Å². The first kappa shape index (κ1) is 22.7. The second-order valence-electron chi connectivity index (χ2n) is 8.16. The van der Waals surface area contributed by atoms with Gasteiger partial charge in [-0.3, -0.25) is 9.78 Å². The van der Waals surface area contributed by atoms with E-state index < -0.39 is 0 Å². The molecule has 3 heterocycles. The van der Waals surface area contributed by atoms with Crippen molar-refractivity contribution in [2.45, 2.75) is 31.9 Å². The second-order valence-corrected chi connectivity index (χ2v) is 8.16. The fraction of sp³-hybridized carbons (Fsp3) is 0.320. The van der Waals surface area contributed by atoms with Crippen LogP contribution in [-0.2, 0) is 13.0 Å². The number of aliphatic hydroxyl groups is 1. The summed E-state index contributed by atoms with van der Waals surface area (Å²) in [5, 5.41) is 16.2. The van der Waals surface area contributed by atoms with Crippen LogP contribution in [0.1, 0.15) is 34.3 Å². The van der Waals surface area contributed by atoms with E-state index in [1.807, 2.05) is 29.2 Å². The first-order valence-corrected chi connectivity index (χ1v) is 11.2. The predicted octanol–water partition coefficient (Wildman–Crippen LogP) is 3.16. The summed E-state index contributed by atoms with van der Waals surface area (Å²) in [6, 6.07) is 13.8. The fourth-order valence-electron chi connectivity index (χ4n) is 3.90. The maximum Gasteiger partial charge on any atom is 0.255 e. The Morgan fingerprint density at radius 3 is 2.85 bits per heavy atom. The van der Waals surface area contributed by atoms with Gasteiger partial charge < -0.3 is 20.6 Å². The number of carbonyl (C=O) groups excluding carboxylic acids is 1. The molecule has 1 aliphatic rings. The smallest absolute Gasteiger partial charge is 0.255 e. The number of aromatic nitrogens is 2.